The van der Waals surface area contributed by atoms with Gasteiger partial charge in [-0.3, -0.25) is 5.32 Å². The predicted octanol–water partition coefficient (Wildman–Crippen LogP) is 6.11. The van der Waals surface area contributed by atoms with E-state index in [2.05, 4.69) is 29.7 Å². The van der Waals surface area contributed by atoms with Crippen LogP contribution in [-0.4, -0.2) is 15.8 Å². The van der Waals surface area contributed by atoms with Crippen LogP contribution in [0.1, 0.15) is 49.0 Å². The zero-order chi connectivity index (χ0) is 22.0. The Morgan fingerprint density at radius 3 is 2.87 bits per heavy atom. The molecule has 0 spiro atoms. The van der Waals surface area contributed by atoms with Gasteiger partial charge in [-0.05, 0) is 61.1 Å². The molecule has 1 atom stereocenters. The highest BCUT2D eigenvalue weighted by molar-refractivity contribution is 6.44. The Morgan fingerprint density at radius 2 is 2.06 bits per heavy atom. The van der Waals surface area contributed by atoms with Crippen LogP contribution in [0.2, 0.25) is 10.0 Å². The van der Waals surface area contributed by atoms with Crippen LogP contribution in [0.15, 0.2) is 42.5 Å². The third kappa shape index (κ3) is 4.71. The Hall–Kier alpha value is -2.54. The second-order valence-electron chi connectivity index (χ2n) is 7.75. The van der Waals surface area contributed by atoms with Crippen molar-refractivity contribution in [3.8, 4) is 5.69 Å². The number of carbonyl (C=O) groups is 1. The van der Waals surface area contributed by atoms with E-state index in [0.717, 1.165) is 49.0 Å². The van der Waals surface area contributed by atoms with E-state index < -0.39 is 6.03 Å². The summed E-state index contributed by atoms with van der Waals surface area (Å²) in [6, 6.07) is 12.8. The van der Waals surface area contributed by atoms with Crippen molar-refractivity contribution in [2.75, 3.05) is 10.6 Å². The number of halogens is 2. The number of nitrogens with zero attached hydrogens (tertiary/aromatic N) is 2. The van der Waals surface area contributed by atoms with Gasteiger partial charge in [-0.2, -0.15) is 5.10 Å². The lowest BCUT2D eigenvalue weighted by molar-refractivity contribution is 0.262. The van der Waals surface area contributed by atoms with Gasteiger partial charge in [0.05, 0.1) is 27.1 Å². The number of amides is 2. The van der Waals surface area contributed by atoms with Crippen LogP contribution in [0, 0.1) is 0 Å². The lowest BCUT2D eigenvalue weighted by Gasteiger charge is -2.13. The number of fused-ring (bicyclic) bond motifs is 1. The van der Waals surface area contributed by atoms with Crippen molar-refractivity contribution in [2.45, 2.75) is 45.1 Å². The van der Waals surface area contributed by atoms with E-state index in [0.29, 0.717) is 21.6 Å². The predicted molar refractivity (Wildman–Crippen MR) is 127 cm³/mol. The maximum absolute atomic E-state index is 12.7. The lowest BCUT2D eigenvalue weighted by atomic mass is 10.1. The second-order valence-corrected chi connectivity index (χ2v) is 8.53. The molecule has 1 aliphatic carbocycles. The SMILES string of the molecule is CCCCc1cc(NC(=O)Nc2cccc(Cl)c2Cl)n(-c2ccc3c(c2)C(N)CC3)n1. The van der Waals surface area contributed by atoms with E-state index in [9.17, 15) is 4.79 Å². The number of carbonyl (C=O) groups excluding carboxylic acids is 1. The second kappa shape index (κ2) is 9.30. The Morgan fingerprint density at radius 1 is 1.23 bits per heavy atom. The molecule has 1 aliphatic rings. The van der Waals surface area contributed by atoms with Crippen molar-refractivity contribution in [1.29, 1.82) is 0 Å². The summed E-state index contributed by atoms with van der Waals surface area (Å²) in [6.07, 6.45) is 4.87. The molecule has 0 aliphatic heterocycles. The quantitative estimate of drug-likeness (QED) is 0.417. The lowest BCUT2D eigenvalue weighted by Crippen LogP contribution is -2.21. The van der Waals surface area contributed by atoms with Crippen LogP contribution >= 0.6 is 23.2 Å². The molecule has 2 aromatic carbocycles. The van der Waals surface area contributed by atoms with Crippen LogP contribution in [0.4, 0.5) is 16.3 Å². The first-order valence-electron chi connectivity index (χ1n) is 10.5. The van der Waals surface area contributed by atoms with Crippen molar-refractivity contribution < 1.29 is 4.79 Å². The molecule has 0 fully saturated rings. The first-order chi connectivity index (χ1) is 15.0. The van der Waals surface area contributed by atoms with Gasteiger partial charge in [0.15, 0.2) is 0 Å². The normalized spacial score (nSPS) is 15.0. The molecule has 0 saturated carbocycles. The summed E-state index contributed by atoms with van der Waals surface area (Å²) in [4.78, 5) is 12.7. The summed E-state index contributed by atoms with van der Waals surface area (Å²) >= 11 is 12.2. The number of hydrogen-bond donors (Lipinski definition) is 3. The van der Waals surface area contributed by atoms with E-state index in [1.807, 2.05) is 12.1 Å². The monoisotopic (exact) mass is 457 g/mol. The number of anilines is 2. The van der Waals surface area contributed by atoms with Crippen molar-refractivity contribution in [3.05, 3.63) is 69.3 Å². The van der Waals surface area contributed by atoms with Crippen molar-refractivity contribution in [2.24, 2.45) is 5.73 Å². The largest absolute Gasteiger partial charge is 0.324 e. The molecule has 2 amide bonds. The molecule has 8 heteroatoms. The van der Waals surface area contributed by atoms with E-state index >= 15 is 0 Å². The Labute approximate surface area is 191 Å². The molecule has 4 N–H and O–H groups in total. The number of unbranched alkanes of at least 4 members (excludes halogenated alkanes) is 1. The molecule has 0 radical (unpaired) electrons. The van der Waals surface area contributed by atoms with E-state index in [4.69, 9.17) is 34.0 Å². The molecule has 4 rings (SSSR count). The van der Waals surface area contributed by atoms with Gasteiger partial charge in [0.25, 0.3) is 0 Å². The van der Waals surface area contributed by atoms with Gasteiger partial charge in [0, 0.05) is 12.1 Å². The average Bonchev–Trinajstić information content (AvgIpc) is 3.33. The van der Waals surface area contributed by atoms with Crippen LogP contribution in [-0.2, 0) is 12.8 Å². The molecule has 1 unspecified atom stereocenters. The molecule has 162 valence electrons. The van der Waals surface area contributed by atoms with Gasteiger partial charge < -0.3 is 11.1 Å². The summed E-state index contributed by atoms with van der Waals surface area (Å²) in [7, 11) is 0. The highest BCUT2D eigenvalue weighted by atomic mass is 35.5. The van der Waals surface area contributed by atoms with Crippen LogP contribution in [0.3, 0.4) is 0 Å². The average molecular weight is 458 g/mol. The number of urea groups is 1. The van der Waals surface area contributed by atoms with Crippen LogP contribution in [0.25, 0.3) is 5.69 Å². The van der Waals surface area contributed by atoms with Gasteiger partial charge in [-0.15, -0.1) is 0 Å². The topological polar surface area (TPSA) is 85.0 Å². The summed E-state index contributed by atoms with van der Waals surface area (Å²) in [6.45, 7) is 2.14. The maximum Gasteiger partial charge on any atom is 0.324 e. The first kappa shape index (κ1) is 21.7. The van der Waals surface area contributed by atoms with E-state index in [1.165, 1.54) is 5.56 Å². The first-order valence-corrected chi connectivity index (χ1v) is 11.2. The molecular weight excluding hydrogens is 433 g/mol. The highest BCUT2D eigenvalue weighted by Crippen LogP contribution is 2.32. The Kier molecular flexibility index (Phi) is 6.51. The maximum atomic E-state index is 12.7. The molecular formula is C23H25Cl2N5O. The standard InChI is InChI=1S/C23H25Cl2N5O/c1-2-3-5-15-12-21(28-23(31)27-20-7-4-6-18(24)22(20)25)30(29-15)16-10-8-14-9-11-19(26)17(14)13-16/h4,6-8,10,12-13,19H,2-3,5,9,11,26H2,1H3,(H2,27,28,31). The summed E-state index contributed by atoms with van der Waals surface area (Å²) in [5, 5.41) is 11.1. The number of nitrogens with two attached hydrogens (primary N) is 1. The highest BCUT2D eigenvalue weighted by Gasteiger charge is 2.21. The van der Waals surface area contributed by atoms with Gasteiger partial charge >= 0.3 is 6.03 Å². The molecule has 0 saturated heterocycles. The zero-order valence-electron chi connectivity index (χ0n) is 17.3. The molecule has 0 bridgehead atoms. The van der Waals surface area contributed by atoms with Gasteiger partial charge in [0.1, 0.15) is 5.82 Å². The van der Waals surface area contributed by atoms with E-state index in [1.54, 1.807) is 22.9 Å². The molecule has 3 aromatic rings. The van der Waals surface area contributed by atoms with Gasteiger partial charge in [-0.25, -0.2) is 9.48 Å². The summed E-state index contributed by atoms with van der Waals surface area (Å²) < 4.78 is 1.76. The summed E-state index contributed by atoms with van der Waals surface area (Å²) in [5.74, 6) is 0.577. The number of benzene rings is 2. The molecule has 1 aromatic heterocycles. The minimum Gasteiger partial charge on any atom is -0.324 e. The zero-order valence-corrected chi connectivity index (χ0v) is 18.8. The van der Waals surface area contributed by atoms with Crippen molar-refractivity contribution >= 4 is 40.7 Å². The summed E-state index contributed by atoms with van der Waals surface area (Å²) in [5.41, 5.74) is 10.9. The van der Waals surface area contributed by atoms with Crippen LogP contribution in [0.5, 0.6) is 0 Å². The smallest absolute Gasteiger partial charge is 0.324 e. The van der Waals surface area contributed by atoms with Gasteiger partial charge in [-0.1, -0.05) is 48.7 Å². The van der Waals surface area contributed by atoms with Gasteiger partial charge in [0.2, 0.25) is 0 Å². The van der Waals surface area contributed by atoms with E-state index in [-0.39, 0.29) is 6.04 Å². The van der Waals surface area contributed by atoms with Crippen molar-refractivity contribution in [3.63, 3.8) is 0 Å². The fourth-order valence-corrected chi connectivity index (χ4v) is 4.17. The Balaban J connectivity index is 1.62. The molecule has 31 heavy (non-hydrogen) atoms. The number of aromatic nitrogens is 2. The molecule has 1 heterocycles. The number of aryl methyl sites for hydroxylation is 2. The number of rotatable bonds is 6. The fraction of sp³-hybridized carbons (Fsp3) is 0.304. The van der Waals surface area contributed by atoms with Crippen LogP contribution < -0.4 is 16.4 Å². The molecule has 6 nitrogen and oxygen atoms in total. The minimum atomic E-state index is -0.426. The van der Waals surface area contributed by atoms with Crippen molar-refractivity contribution in [1.82, 2.24) is 9.78 Å². The third-order valence-electron chi connectivity index (χ3n) is 5.49. The minimum absolute atomic E-state index is 0.0368. The Bertz CT molecular complexity index is 1110. The number of hydrogen-bond acceptors (Lipinski definition) is 3. The third-order valence-corrected chi connectivity index (χ3v) is 6.30. The number of nitrogens with one attached hydrogen (secondary N) is 2. The fourth-order valence-electron chi connectivity index (χ4n) is 3.82.